The van der Waals surface area contributed by atoms with Crippen LogP contribution in [0.15, 0.2) is 24.3 Å². The summed E-state index contributed by atoms with van der Waals surface area (Å²) in [6.07, 6.45) is 0. The van der Waals surface area contributed by atoms with Gasteiger partial charge in [0.05, 0.1) is 0 Å². The van der Waals surface area contributed by atoms with Crippen LogP contribution in [0.4, 0.5) is 5.69 Å². The van der Waals surface area contributed by atoms with Gasteiger partial charge in [-0.05, 0) is 0 Å². The second-order valence-electron chi connectivity index (χ2n) is 1.52. The van der Waals surface area contributed by atoms with Gasteiger partial charge in [-0.1, -0.05) is 12.1 Å². The molecular formula is C6H4CoNO2-. The van der Waals surface area contributed by atoms with Crippen LogP contribution >= 0.6 is 0 Å². The summed E-state index contributed by atoms with van der Waals surface area (Å²) in [5.74, 6) is 0. The summed E-state index contributed by atoms with van der Waals surface area (Å²) in [6.45, 7) is 0. The Kier molecular flexibility index (Phi) is 3.67. The number of rotatable bonds is 1. The minimum Gasteiger partial charge on any atom is -0.260 e. The Labute approximate surface area is 68.4 Å². The normalized spacial score (nSPS) is 8.00. The zero-order chi connectivity index (χ0) is 6.69. The Bertz CT molecular complexity index is 212. The molecule has 0 aromatic heterocycles. The van der Waals surface area contributed by atoms with E-state index in [1.807, 2.05) is 0 Å². The van der Waals surface area contributed by atoms with Crippen molar-refractivity contribution in [1.82, 2.24) is 0 Å². The van der Waals surface area contributed by atoms with Gasteiger partial charge in [-0.3, -0.25) is 10.1 Å². The molecule has 0 unspecified atom stereocenters. The van der Waals surface area contributed by atoms with Crippen molar-refractivity contribution in [2.75, 3.05) is 0 Å². The van der Waals surface area contributed by atoms with Gasteiger partial charge < -0.3 is 0 Å². The SMILES string of the molecule is O=[N+]([O-])c1cc[c-]cc1.[Co]. The molecule has 0 bridgehead atoms. The summed E-state index contributed by atoms with van der Waals surface area (Å²) in [7, 11) is 0. The average molecular weight is 181 g/mol. The summed E-state index contributed by atoms with van der Waals surface area (Å²) >= 11 is 0. The smallest absolute Gasteiger partial charge is 0.166 e. The van der Waals surface area contributed by atoms with E-state index in [-0.39, 0.29) is 22.5 Å². The van der Waals surface area contributed by atoms with Crippen LogP contribution in [0, 0.1) is 16.2 Å². The number of nitro groups is 1. The van der Waals surface area contributed by atoms with Crippen LogP contribution in [-0.2, 0) is 16.8 Å². The summed E-state index contributed by atoms with van der Waals surface area (Å²) in [5, 5.41) is 9.99. The van der Waals surface area contributed by atoms with Crippen molar-refractivity contribution in [3.63, 3.8) is 0 Å². The molecule has 0 N–H and O–H groups in total. The van der Waals surface area contributed by atoms with Crippen molar-refractivity contribution in [1.29, 1.82) is 0 Å². The first-order valence-corrected chi connectivity index (χ1v) is 2.41. The van der Waals surface area contributed by atoms with E-state index in [4.69, 9.17) is 0 Å². The third-order valence-electron chi connectivity index (χ3n) is 0.911. The van der Waals surface area contributed by atoms with Crippen molar-refractivity contribution in [3.05, 3.63) is 40.4 Å². The van der Waals surface area contributed by atoms with Gasteiger partial charge >= 0.3 is 0 Å². The van der Waals surface area contributed by atoms with E-state index >= 15 is 0 Å². The quantitative estimate of drug-likeness (QED) is 0.373. The number of nitro benzene ring substituents is 1. The van der Waals surface area contributed by atoms with E-state index in [0.717, 1.165) is 0 Å². The standard InChI is InChI=1S/C6H4NO2.Co/c8-7(9)6-4-2-1-3-5-6;/h2-5H;/q-1;. The topological polar surface area (TPSA) is 43.1 Å². The largest absolute Gasteiger partial charge is 0.260 e. The van der Waals surface area contributed by atoms with Gasteiger partial charge in [0.2, 0.25) is 0 Å². The molecule has 0 spiro atoms. The molecule has 4 heteroatoms. The van der Waals surface area contributed by atoms with E-state index < -0.39 is 4.92 Å². The second-order valence-corrected chi connectivity index (χ2v) is 1.52. The second kappa shape index (κ2) is 4.02. The Hall–Kier alpha value is -0.874. The first kappa shape index (κ1) is 9.13. The molecule has 0 saturated carbocycles. The third kappa shape index (κ3) is 2.16. The van der Waals surface area contributed by atoms with E-state index in [0.29, 0.717) is 0 Å². The van der Waals surface area contributed by atoms with Crippen LogP contribution in [0.3, 0.4) is 0 Å². The minimum atomic E-state index is -0.437. The van der Waals surface area contributed by atoms with Gasteiger partial charge in [0, 0.05) is 21.7 Å². The van der Waals surface area contributed by atoms with E-state index in [1.54, 1.807) is 0 Å². The molecule has 0 aliphatic rings. The molecule has 0 amide bonds. The number of benzene rings is 1. The summed E-state index contributed by atoms with van der Waals surface area (Å²) < 4.78 is 0. The van der Waals surface area contributed by atoms with Crippen LogP contribution in [0.2, 0.25) is 0 Å². The van der Waals surface area contributed by atoms with Crippen molar-refractivity contribution in [3.8, 4) is 0 Å². The predicted octanol–water partition coefficient (Wildman–Crippen LogP) is 1.39. The van der Waals surface area contributed by atoms with Gasteiger partial charge in [-0.2, -0.15) is 18.2 Å². The molecule has 10 heavy (non-hydrogen) atoms. The maximum absolute atomic E-state index is 9.99. The number of non-ortho nitro benzene ring substituents is 1. The van der Waals surface area contributed by atoms with Gasteiger partial charge in [-0.15, -0.1) is 0 Å². The molecule has 0 atom stereocenters. The van der Waals surface area contributed by atoms with E-state index in [2.05, 4.69) is 6.07 Å². The Balaban J connectivity index is 0.000000810. The zero-order valence-corrected chi connectivity index (χ0v) is 5.95. The Morgan fingerprint density at radius 2 is 1.90 bits per heavy atom. The maximum Gasteiger partial charge on any atom is 0.166 e. The molecule has 1 aromatic carbocycles. The third-order valence-corrected chi connectivity index (χ3v) is 0.911. The minimum absolute atomic E-state index is 0. The fourth-order valence-electron chi connectivity index (χ4n) is 0.500. The molecule has 0 aliphatic heterocycles. The molecule has 55 valence electrons. The van der Waals surface area contributed by atoms with Crippen LogP contribution in [0.25, 0.3) is 0 Å². The number of hydrogen-bond acceptors (Lipinski definition) is 2. The van der Waals surface area contributed by atoms with Gasteiger partial charge in [0.1, 0.15) is 0 Å². The number of nitrogens with zero attached hydrogens (tertiary/aromatic N) is 1. The van der Waals surface area contributed by atoms with Gasteiger partial charge in [-0.25, -0.2) is 0 Å². The average Bonchev–Trinajstić information content (AvgIpc) is 1.90. The van der Waals surface area contributed by atoms with Crippen molar-refractivity contribution in [2.45, 2.75) is 0 Å². The summed E-state index contributed by atoms with van der Waals surface area (Å²) in [5.41, 5.74) is 0.105. The van der Waals surface area contributed by atoms with E-state index in [9.17, 15) is 10.1 Å². The molecule has 3 nitrogen and oxygen atoms in total. The monoisotopic (exact) mass is 181 g/mol. The first-order valence-electron chi connectivity index (χ1n) is 2.41. The van der Waals surface area contributed by atoms with Crippen molar-refractivity contribution >= 4 is 5.69 Å². The molecule has 0 fully saturated rings. The fourth-order valence-corrected chi connectivity index (χ4v) is 0.500. The fraction of sp³-hybridized carbons (Fsp3) is 0. The molecule has 1 aromatic rings. The summed E-state index contributed by atoms with van der Waals surface area (Å²) in [4.78, 5) is 9.56. The Morgan fingerprint density at radius 3 is 2.20 bits per heavy atom. The van der Waals surface area contributed by atoms with Crippen molar-refractivity contribution in [2.24, 2.45) is 0 Å². The maximum atomic E-state index is 9.99. The van der Waals surface area contributed by atoms with E-state index in [1.165, 1.54) is 24.3 Å². The molecule has 1 rings (SSSR count). The van der Waals surface area contributed by atoms with Gasteiger partial charge in [0.25, 0.3) is 0 Å². The van der Waals surface area contributed by atoms with Crippen LogP contribution in [0.5, 0.6) is 0 Å². The van der Waals surface area contributed by atoms with Gasteiger partial charge in [0.15, 0.2) is 5.69 Å². The molecule has 1 radical (unpaired) electrons. The predicted molar refractivity (Wildman–Crippen MR) is 31.9 cm³/mol. The summed E-state index contributed by atoms with van der Waals surface area (Å²) in [6, 6.07) is 8.51. The molecule has 0 saturated heterocycles. The van der Waals surface area contributed by atoms with Crippen LogP contribution < -0.4 is 0 Å². The molecule has 0 heterocycles. The number of hydrogen-bond donors (Lipinski definition) is 0. The zero-order valence-electron chi connectivity index (χ0n) is 4.91. The van der Waals surface area contributed by atoms with Crippen LogP contribution in [-0.4, -0.2) is 4.92 Å². The Morgan fingerprint density at radius 1 is 1.40 bits per heavy atom. The van der Waals surface area contributed by atoms with Crippen LogP contribution in [0.1, 0.15) is 0 Å². The molecule has 0 aliphatic carbocycles. The first-order chi connectivity index (χ1) is 4.30. The van der Waals surface area contributed by atoms with Crippen molar-refractivity contribution < 1.29 is 21.7 Å². The molecular weight excluding hydrogens is 177 g/mol.